The van der Waals surface area contributed by atoms with Gasteiger partial charge < -0.3 is 20.1 Å². The van der Waals surface area contributed by atoms with Crippen molar-refractivity contribution < 1.29 is 14.3 Å². The summed E-state index contributed by atoms with van der Waals surface area (Å²) in [5.74, 6) is 0. The quantitative estimate of drug-likeness (QED) is 0.816. The van der Waals surface area contributed by atoms with Crippen LogP contribution in [0.15, 0.2) is 0 Å². The molecule has 2 saturated heterocycles. The van der Waals surface area contributed by atoms with Crippen LogP contribution in [0.4, 0.5) is 4.79 Å². The van der Waals surface area contributed by atoms with Gasteiger partial charge in [0.25, 0.3) is 0 Å². The van der Waals surface area contributed by atoms with Crippen molar-refractivity contribution in [2.45, 2.75) is 76.7 Å². The van der Waals surface area contributed by atoms with Crippen LogP contribution in [0.3, 0.4) is 0 Å². The number of piperidine rings is 1. The molecule has 5 heteroatoms. The summed E-state index contributed by atoms with van der Waals surface area (Å²) in [4.78, 5) is 11.8. The summed E-state index contributed by atoms with van der Waals surface area (Å²) in [7, 11) is 0. The predicted molar refractivity (Wildman–Crippen MR) is 77.8 cm³/mol. The summed E-state index contributed by atoms with van der Waals surface area (Å²) in [6, 6.07) is 0.597. The number of carbonyl (C=O) groups is 1. The number of hydrogen-bond acceptors (Lipinski definition) is 4. The lowest BCUT2D eigenvalue weighted by atomic mass is 9.92. The van der Waals surface area contributed by atoms with Crippen molar-refractivity contribution in [3.63, 3.8) is 0 Å². The first kappa shape index (κ1) is 15.6. The molecule has 0 aliphatic carbocycles. The Morgan fingerprint density at radius 1 is 1.30 bits per heavy atom. The largest absolute Gasteiger partial charge is 0.444 e. The summed E-state index contributed by atoms with van der Waals surface area (Å²) in [6.45, 7) is 7.43. The molecule has 0 bridgehead atoms. The van der Waals surface area contributed by atoms with Gasteiger partial charge in [0, 0.05) is 18.7 Å². The second-order valence-corrected chi connectivity index (χ2v) is 6.83. The van der Waals surface area contributed by atoms with Gasteiger partial charge in [0.1, 0.15) is 5.60 Å². The van der Waals surface area contributed by atoms with Crippen molar-refractivity contribution in [1.82, 2.24) is 10.6 Å². The highest BCUT2D eigenvalue weighted by atomic mass is 16.6. The number of rotatable bonds is 2. The number of ether oxygens (including phenoxy) is 2. The Kier molecular flexibility index (Phi) is 5.27. The van der Waals surface area contributed by atoms with Crippen molar-refractivity contribution in [3.8, 4) is 0 Å². The fourth-order valence-corrected chi connectivity index (χ4v) is 2.91. The van der Waals surface area contributed by atoms with Gasteiger partial charge in [0.2, 0.25) is 0 Å². The van der Waals surface area contributed by atoms with Crippen LogP contribution in [-0.4, -0.2) is 43.0 Å². The molecule has 0 radical (unpaired) electrons. The third-order valence-electron chi connectivity index (χ3n) is 3.83. The van der Waals surface area contributed by atoms with Crippen LogP contribution >= 0.6 is 0 Å². The first-order valence-corrected chi connectivity index (χ1v) is 7.78. The minimum atomic E-state index is -0.445. The highest BCUT2D eigenvalue weighted by Crippen LogP contribution is 2.22. The number of alkyl carbamates (subject to hydrolysis) is 1. The molecule has 2 rings (SSSR count). The van der Waals surface area contributed by atoms with Crippen LogP contribution in [0.1, 0.15) is 52.9 Å². The van der Waals surface area contributed by atoms with Crippen molar-refractivity contribution in [2.24, 2.45) is 0 Å². The summed E-state index contributed by atoms with van der Waals surface area (Å²) in [6.07, 6.45) is 5.32. The Hall–Kier alpha value is -0.810. The molecule has 2 fully saturated rings. The first-order chi connectivity index (χ1) is 9.44. The molecule has 0 spiro atoms. The van der Waals surface area contributed by atoms with E-state index in [1.807, 2.05) is 20.8 Å². The molecule has 3 atom stereocenters. The molecule has 0 aromatic carbocycles. The van der Waals surface area contributed by atoms with E-state index in [4.69, 9.17) is 9.47 Å². The lowest BCUT2D eigenvalue weighted by Crippen LogP contribution is -2.51. The average Bonchev–Trinajstić information content (AvgIpc) is 2.38. The van der Waals surface area contributed by atoms with Crippen LogP contribution in [-0.2, 0) is 9.47 Å². The van der Waals surface area contributed by atoms with Crippen molar-refractivity contribution in [2.75, 3.05) is 13.2 Å². The molecule has 2 N–H and O–H groups in total. The van der Waals surface area contributed by atoms with E-state index in [2.05, 4.69) is 10.6 Å². The van der Waals surface area contributed by atoms with E-state index >= 15 is 0 Å². The molecular formula is C15H28N2O3. The van der Waals surface area contributed by atoms with Crippen molar-refractivity contribution >= 4 is 6.09 Å². The third-order valence-corrected chi connectivity index (χ3v) is 3.83. The molecule has 0 aromatic heterocycles. The monoisotopic (exact) mass is 284 g/mol. The molecule has 116 valence electrons. The first-order valence-electron chi connectivity index (χ1n) is 7.78. The molecule has 1 amide bonds. The molecule has 2 aliphatic heterocycles. The van der Waals surface area contributed by atoms with Gasteiger partial charge in [0.15, 0.2) is 0 Å². The Morgan fingerprint density at radius 2 is 2.10 bits per heavy atom. The summed E-state index contributed by atoms with van der Waals surface area (Å²) >= 11 is 0. The maximum absolute atomic E-state index is 11.8. The summed E-state index contributed by atoms with van der Waals surface area (Å²) in [5.41, 5.74) is -0.445. The smallest absolute Gasteiger partial charge is 0.407 e. The highest BCUT2D eigenvalue weighted by molar-refractivity contribution is 5.68. The van der Waals surface area contributed by atoms with Gasteiger partial charge >= 0.3 is 6.09 Å². The number of nitrogens with one attached hydrogen (secondary N) is 2. The molecule has 5 nitrogen and oxygen atoms in total. The average molecular weight is 284 g/mol. The highest BCUT2D eigenvalue weighted by Gasteiger charge is 2.31. The summed E-state index contributed by atoms with van der Waals surface area (Å²) in [5, 5.41) is 6.51. The van der Waals surface area contributed by atoms with Crippen molar-refractivity contribution in [3.05, 3.63) is 0 Å². The fourth-order valence-electron chi connectivity index (χ4n) is 2.91. The zero-order valence-electron chi connectivity index (χ0n) is 12.9. The Balaban J connectivity index is 1.79. The molecule has 0 saturated carbocycles. The van der Waals surface area contributed by atoms with E-state index in [-0.39, 0.29) is 18.2 Å². The predicted octanol–water partition coefficient (Wildman–Crippen LogP) is 2.20. The second-order valence-electron chi connectivity index (χ2n) is 6.83. The van der Waals surface area contributed by atoms with E-state index in [9.17, 15) is 4.79 Å². The topological polar surface area (TPSA) is 59.6 Å². The van der Waals surface area contributed by atoms with Crippen LogP contribution in [0.25, 0.3) is 0 Å². The normalized spacial score (nSPS) is 31.6. The van der Waals surface area contributed by atoms with E-state index in [0.29, 0.717) is 12.6 Å². The van der Waals surface area contributed by atoms with E-state index < -0.39 is 5.60 Å². The Bertz CT molecular complexity index is 322. The van der Waals surface area contributed by atoms with Crippen molar-refractivity contribution in [1.29, 1.82) is 0 Å². The molecule has 0 aromatic rings. The number of hydrogen-bond donors (Lipinski definition) is 2. The van der Waals surface area contributed by atoms with E-state index in [1.54, 1.807) is 0 Å². The van der Waals surface area contributed by atoms with Crippen LogP contribution in [0.2, 0.25) is 0 Å². The van der Waals surface area contributed by atoms with Crippen LogP contribution in [0, 0.1) is 0 Å². The zero-order chi connectivity index (χ0) is 14.6. The molecule has 2 aliphatic rings. The number of amides is 1. The second kappa shape index (κ2) is 6.76. The maximum Gasteiger partial charge on any atom is 0.407 e. The number of carbonyl (C=O) groups excluding carboxylic acids is 1. The lowest BCUT2D eigenvalue weighted by Gasteiger charge is -2.37. The van der Waals surface area contributed by atoms with E-state index in [1.165, 1.54) is 19.3 Å². The minimum Gasteiger partial charge on any atom is -0.444 e. The standard InChI is InChI=1S/C15H28N2O3/c1-15(2,3)20-14(18)17-11-7-9-19-13(10-11)12-6-4-5-8-16-12/h11-13,16H,4-10H2,1-3H3,(H,17,18)/t11-,12+,13-/m1/s1. The molecule has 0 unspecified atom stereocenters. The third kappa shape index (κ3) is 4.94. The minimum absolute atomic E-state index is 0.160. The fraction of sp³-hybridized carbons (Fsp3) is 0.933. The Labute approximate surface area is 121 Å². The summed E-state index contributed by atoms with van der Waals surface area (Å²) < 4.78 is 11.2. The van der Waals surface area contributed by atoms with Crippen LogP contribution < -0.4 is 10.6 Å². The van der Waals surface area contributed by atoms with E-state index in [0.717, 1.165) is 19.4 Å². The van der Waals surface area contributed by atoms with Gasteiger partial charge in [-0.15, -0.1) is 0 Å². The van der Waals surface area contributed by atoms with Gasteiger partial charge in [-0.25, -0.2) is 4.79 Å². The molecule has 20 heavy (non-hydrogen) atoms. The maximum atomic E-state index is 11.8. The molecule has 2 heterocycles. The van der Waals surface area contributed by atoms with Gasteiger partial charge in [0.05, 0.1) is 6.10 Å². The van der Waals surface area contributed by atoms with Gasteiger partial charge in [-0.1, -0.05) is 6.42 Å². The van der Waals surface area contributed by atoms with Gasteiger partial charge in [-0.05, 0) is 53.0 Å². The SMILES string of the molecule is CC(C)(C)OC(=O)N[C@@H]1CCO[C@@H]([C@@H]2CCCCN2)C1. The molecular weight excluding hydrogens is 256 g/mol. The lowest BCUT2D eigenvalue weighted by molar-refractivity contribution is -0.0269. The Morgan fingerprint density at radius 3 is 2.75 bits per heavy atom. The van der Waals surface area contributed by atoms with Crippen LogP contribution in [0.5, 0.6) is 0 Å². The zero-order valence-corrected chi connectivity index (χ0v) is 12.9. The van der Waals surface area contributed by atoms with Gasteiger partial charge in [-0.3, -0.25) is 0 Å². The van der Waals surface area contributed by atoms with Gasteiger partial charge in [-0.2, -0.15) is 0 Å².